The van der Waals surface area contributed by atoms with E-state index in [0.29, 0.717) is 45.7 Å². The molecular formula is C23H24ClN3O4. The van der Waals surface area contributed by atoms with Crippen LogP contribution in [0.1, 0.15) is 19.0 Å². The summed E-state index contributed by atoms with van der Waals surface area (Å²) in [7, 11) is 3.06. The fourth-order valence-corrected chi connectivity index (χ4v) is 3.26. The Morgan fingerprint density at radius 1 is 1.06 bits per heavy atom. The minimum absolute atomic E-state index is 0.199. The molecule has 7 nitrogen and oxygen atoms in total. The molecule has 1 N–H and O–H groups in total. The smallest absolute Gasteiger partial charge is 0.254 e. The van der Waals surface area contributed by atoms with Crippen LogP contribution in [0.3, 0.4) is 0 Å². The van der Waals surface area contributed by atoms with Gasteiger partial charge in [-0.2, -0.15) is 0 Å². The maximum absolute atomic E-state index is 12.8. The van der Waals surface area contributed by atoms with Gasteiger partial charge in [0.2, 0.25) is 5.91 Å². The highest BCUT2D eigenvalue weighted by Gasteiger charge is 2.15. The lowest BCUT2D eigenvalue weighted by atomic mass is 10.2. The van der Waals surface area contributed by atoms with Gasteiger partial charge in [-0.1, -0.05) is 24.9 Å². The number of ether oxygens (including phenoxy) is 2. The van der Waals surface area contributed by atoms with Crippen LogP contribution in [-0.4, -0.2) is 29.7 Å². The van der Waals surface area contributed by atoms with Gasteiger partial charge in [0.25, 0.3) is 5.56 Å². The van der Waals surface area contributed by atoms with Crippen molar-refractivity contribution in [1.82, 2.24) is 9.55 Å². The lowest BCUT2D eigenvalue weighted by Crippen LogP contribution is -2.30. The zero-order valence-electron chi connectivity index (χ0n) is 17.6. The van der Waals surface area contributed by atoms with Crippen molar-refractivity contribution in [2.45, 2.75) is 26.3 Å². The Labute approximate surface area is 185 Å². The number of amides is 1. The summed E-state index contributed by atoms with van der Waals surface area (Å²) in [5.74, 6) is 1.13. The van der Waals surface area contributed by atoms with Gasteiger partial charge in [-0.05, 0) is 30.7 Å². The first kappa shape index (κ1) is 22.4. The summed E-state index contributed by atoms with van der Waals surface area (Å²) in [5.41, 5.74) is 1.60. The van der Waals surface area contributed by atoms with Crippen LogP contribution in [0.4, 0.5) is 5.69 Å². The molecule has 1 aromatic heterocycles. The highest BCUT2D eigenvalue weighted by atomic mass is 35.5. The first-order chi connectivity index (χ1) is 14.9. The van der Waals surface area contributed by atoms with Crippen LogP contribution < -0.4 is 20.3 Å². The van der Waals surface area contributed by atoms with Crippen LogP contribution in [-0.2, 0) is 17.8 Å². The van der Waals surface area contributed by atoms with Crippen molar-refractivity contribution in [3.63, 3.8) is 0 Å². The molecule has 8 heteroatoms. The average molecular weight is 442 g/mol. The zero-order chi connectivity index (χ0) is 22.4. The van der Waals surface area contributed by atoms with Gasteiger partial charge in [0.05, 0.1) is 14.2 Å². The molecule has 0 aliphatic carbocycles. The van der Waals surface area contributed by atoms with Gasteiger partial charge in [-0.15, -0.1) is 0 Å². The van der Waals surface area contributed by atoms with E-state index in [1.807, 2.05) is 6.92 Å². The number of aromatic nitrogens is 2. The van der Waals surface area contributed by atoms with Crippen LogP contribution in [0, 0.1) is 0 Å². The molecule has 31 heavy (non-hydrogen) atoms. The number of hydrogen-bond acceptors (Lipinski definition) is 5. The second-order valence-electron chi connectivity index (χ2n) is 6.90. The molecule has 0 spiro atoms. The minimum Gasteiger partial charge on any atom is -0.497 e. The SMILES string of the molecule is CCCc1cc(=O)n(CC(=O)Nc2cc(OC)cc(OC)c2)c(-c2ccc(Cl)cc2)n1. The molecule has 3 rings (SSSR count). The molecule has 0 bridgehead atoms. The van der Waals surface area contributed by atoms with E-state index in [9.17, 15) is 9.59 Å². The summed E-state index contributed by atoms with van der Waals surface area (Å²) < 4.78 is 11.8. The van der Waals surface area contributed by atoms with E-state index >= 15 is 0 Å². The molecule has 0 atom stereocenters. The Hall–Kier alpha value is -3.32. The normalized spacial score (nSPS) is 10.6. The molecule has 0 aliphatic heterocycles. The number of carbonyl (C=O) groups is 1. The van der Waals surface area contributed by atoms with Gasteiger partial charge in [0, 0.05) is 46.2 Å². The van der Waals surface area contributed by atoms with E-state index in [1.54, 1.807) is 42.5 Å². The van der Waals surface area contributed by atoms with E-state index in [2.05, 4.69) is 10.3 Å². The Morgan fingerprint density at radius 2 is 1.71 bits per heavy atom. The Bertz CT molecular complexity index is 1100. The van der Waals surface area contributed by atoms with Crippen molar-refractivity contribution < 1.29 is 14.3 Å². The molecule has 0 fully saturated rings. The third kappa shape index (κ3) is 5.64. The Kier molecular flexibility index (Phi) is 7.31. The van der Waals surface area contributed by atoms with Crippen LogP contribution in [0.2, 0.25) is 5.02 Å². The monoisotopic (exact) mass is 441 g/mol. The van der Waals surface area contributed by atoms with Gasteiger partial charge in [-0.3, -0.25) is 14.2 Å². The second-order valence-corrected chi connectivity index (χ2v) is 7.34. The standard InChI is InChI=1S/C23H24ClN3O4/c1-4-5-17-12-22(29)27(23(26-17)15-6-8-16(24)9-7-15)14-21(28)25-18-10-19(30-2)13-20(11-18)31-3/h6-13H,4-5,14H2,1-3H3,(H,25,28). The van der Waals surface area contributed by atoms with Crippen LogP contribution >= 0.6 is 11.6 Å². The largest absolute Gasteiger partial charge is 0.497 e. The van der Waals surface area contributed by atoms with Crippen molar-refractivity contribution in [3.05, 3.63) is 69.6 Å². The van der Waals surface area contributed by atoms with E-state index in [0.717, 1.165) is 6.42 Å². The number of halogens is 1. The Morgan fingerprint density at radius 3 is 2.29 bits per heavy atom. The molecule has 0 aliphatic rings. The predicted molar refractivity (Wildman–Crippen MR) is 121 cm³/mol. The molecule has 3 aromatic rings. The van der Waals surface area contributed by atoms with Gasteiger partial charge in [0.15, 0.2) is 0 Å². The summed E-state index contributed by atoms with van der Waals surface area (Å²) >= 11 is 6.00. The number of benzene rings is 2. The third-order valence-corrected chi connectivity index (χ3v) is 4.86. The third-order valence-electron chi connectivity index (χ3n) is 4.61. The van der Waals surface area contributed by atoms with Crippen molar-refractivity contribution in [3.8, 4) is 22.9 Å². The van der Waals surface area contributed by atoms with Crippen LogP contribution in [0.5, 0.6) is 11.5 Å². The van der Waals surface area contributed by atoms with Gasteiger partial charge < -0.3 is 14.8 Å². The van der Waals surface area contributed by atoms with E-state index in [4.69, 9.17) is 21.1 Å². The fraction of sp³-hybridized carbons (Fsp3) is 0.261. The van der Waals surface area contributed by atoms with Gasteiger partial charge in [0.1, 0.15) is 23.9 Å². The first-order valence-corrected chi connectivity index (χ1v) is 10.2. The number of nitrogens with one attached hydrogen (secondary N) is 1. The van der Waals surface area contributed by atoms with Gasteiger partial charge >= 0.3 is 0 Å². The second kappa shape index (κ2) is 10.1. The summed E-state index contributed by atoms with van der Waals surface area (Å²) in [6, 6.07) is 13.5. The summed E-state index contributed by atoms with van der Waals surface area (Å²) in [4.78, 5) is 30.3. The van der Waals surface area contributed by atoms with Gasteiger partial charge in [-0.25, -0.2) is 4.98 Å². The summed E-state index contributed by atoms with van der Waals surface area (Å²) in [6.45, 7) is 1.82. The molecule has 1 heterocycles. The number of anilines is 1. The molecular weight excluding hydrogens is 418 g/mol. The number of hydrogen-bond donors (Lipinski definition) is 1. The number of nitrogens with zero attached hydrogens (tertiary/aromatic N) is 2. The summed E-state index contributed by atoms with van der Waals surface area (Å²) in [6.07, 6.45) is 1.53. The van der Waals surface area contributed by atoms with Crippen molar-refractivity contribution >= 4 is 23.2 Å². The van der Waals surface area contributed by atoms with Crippen molar-refractivity contribution in [1.29, 1.82) is 0 Å². The average Bonchev–Trinajstić information content (AvgIpc) is 2.76. The number of aryl methyl sites for hydroxylation is 1. The lowest BCUT2D eigenvalue weighted by Gasteiger charge is -2.14. The van der Waals surface area contributed by atoms with Crippen molar-refractivity contribution in [2.75, 3.05) is 19.5 Å². The summed E-state index contributed by atoms with van der Waals surface area (Å²) in [5, 5.41) is 3.36. The highest BCUT2D eigenvalue weighted by molar-refractivity contribution is 6.30. The maximum Gasteiger partial charge on any atom is 0.254 e. The highest BCUT2D eigenvalue weighted by Crippen LogP contribution is 2.26. The van der Waals surface area contributed by atoms with E-state index in [1.165, 1.54) is 24.9 Å². The fourth-order valence-electron chi connectivity index (χ4n) is 3.13. The topological polar surface area (TPSA) is 82.5 Å². The van der Waals surface area contributed by atoms with E-state index < -0.39 is 0 Å². The predicted octanol–water partition coefficient (Wildman–Crippen LogP) is 4.17. The lowest BCUT2D eigenvalue weighted by molar-refractivity contribution is -0.116. The maximum atomic E-state index is 12.8. The molecule has 0 unspecified atom stereocenters. The molecule has 162 valence electrons. The number of carbonyl (C=O) groups excluding carboxylic acids is 1. The molecule has 1 amide bonds. The molecule has 2 aromatic carbocycles. The molecule has 0 saturated heterocycles. The molecule has 0 radical (unpaired) electrons. The van der Waals surface area contributed by atoms with E-state index in [-0.39, 0.29) is 18.0 Å². The first-order valence-electron chi connectivity index (χ1n) is 9.83. The number of rotatable bonds is 8. The van der Waals surface area contributed by atoms with Crippen LogP contribution in [0.25, 0.3) is 11.4 Å². The Balaban J connectivity index is 1.94. The van der Waals surface area contributed by atoms with Crippen LogP contribution in [0.15, 0.2) is 53.3 Å². The quantitative estimate of drug-likeness (QED) is 0.567. The number of methoxy groups -OCH3 is 2. The molecule has 0 saturated carbocycles. The van der Waals surface area contributed by atoms with Crippen molar-refractivity contribution in [2.24, 2.45) is 0 Å². The minimum atomic E-state index is -0.377. The zero-order valence-corrected chi connectivity index (χ0v) is 18.4.